The molecule has 0 unspecified atom stereocenters. The molecule has 0 aliphatic heterocycles. The predicted molar refractivity (Wildman–Crippen MR) is 85.0 cm³/mol. The van der Waals surface area contributed by atoms with E-state index in [2.05, 4.69) is 28.6 Å². The molecular weight excluding hydrogens is 264 g/mol. The molecule has 0 fully saturated rings. The van der Waals surface area contributed by atoms with Crippen molar-refractivity contribution in [3.05, 3.63) is 17.0 Å². The molecule has 2 amide bonds. The van der Waals surface area contributed by atoms with Crippen molar-refractivity contribution in [1.82, 2.24) is 20.4 Å². The molecule has 116 valence electrons. The van der Waals surface area contributed by atoms with Crippen LogP contribution in [0.2, 0.25) is 0 Å². The Morgan fingerprint density at radius 2 is 2.10 bits per heavy atom. The summed E-state index contributed by atoms with van der Waals surface area (Å²) in [5.41, 5.74) is 3.51. The molecule has 1 aromatic heterocycles. The normalized spacial score (nSPS) is 12.0. The summed E-state index contributed by atoms with van der Waals surface area (Å²) in [6, 6.07) is -0.431. The Labute approximate surface area is 127 Å². The lowest BCUT2D eigenvalue weighted by molar-refractivity contribution is 0.236. The van der Waals surface area contributed by atoms with E-state index < -0.39 is 0 Å². The lowest BCUT2D eigenvalue weighted by Crippen LogP contribution is -2.44. The molecule has 2 N–H and O–H groups in total. The summed E-state index contributed by atoms with van der Waals surface area (Å²) >= 11 is 0. The lowest BCUT2D eigenvalue weighted by Gasteiger charge is -2.17. The largest absolute Gasteiger partial charge is 0.338 e. The van der Waals surface area contributed by atoms with Crippen LogP contribution >= 0.6 is 0 Å². The van der Waals surface area contributed by atoms with Crippen LogP contribution in [0.3, 0.4) is 0 Å². The van der Waals surface area contributed by atoms with Crippen molar-refractivity contribution in [2.75, 3.05) is 6.54 Å². The monoisotopic (exact) mass is 290 g/mol. The highest BCUT2D eigenvalue weighted by molar-refractivity contribution is 5.74. The van der Waals surface area contributed by atoms with Gasteiger partial charge < -0.3 is 10.6 Å². The molecule has 5 nitrogen and oxygen atoms in total. The second-order valence-corrected chi connectivity index (χ2v) is 5.67. The maximum absolute atomic E-state index is 11.7. The molecule has 21 heavy (non-hydrogen) atoms. The van der Waals surface area contributed by atoms with Gasteiger partial charge in [-0.1, -0.05) is 19.8 Å². The Bertz CT molecular complexity index is 525. The van der Waals surface area contributed by atoms with Gasteiger partial charge in [0.1, 0.15) is 0 Å². The Kier molecular flexibility index (Phi) is 6.29. The van der Waals surface area contributed by atoms with Crippen LogP contribution in [0.5, 0.6) is 0 Å². The summed E-state index contributed by atoms with van der Waals surface area (Å²) in [7, 11) is 1.95. The zero-order chi connectivity index (χ0) is 16.0. The van der Waals surface area contributed by atoms with Crippen molar-refractivity contribution in [3.8, 4) is 12.3 Å². The fourth-order valence-electron chi connectivity index (χ4n) is 2.24. The Morgan fingerprint density at radius 1 is 1.43 bits per heavy atom. The summed E-state index contributed by atoms with van der Waals surface area (Å²) in [4.78, 5) is 11.7. The fraction of sp³-hybridized carbons (Fsp3) is 0.625. The number of hydrogen-bond acceptors (Lipinski definition) is 2. The number of rotatable bonds is 6. The summed E-state index contributed by atoms with van der Waals surface area (Å²) < 4.78 is 1.89. The molecule has 0 aliphatic rings. The number of nitrogens with zero attached hydrogens (tertiary/aromatic N) is 2. The number of amides is 2. The van der Waals surface area contributed by atoms with Crippen LogP contribution in [0.1, 0.15) is 37.2 Å². The maximum atomic E-state index is 11.7. The molecule has 0 spiro atoms. The van der Waals surface area contributed by atoms with Crippen LogP contribution in [0.4, 0.5) is 4.79 Å². The van der Waals surface area contributed by atoms with Crippen molar-refractivity contribution in [2.45, 2.75) is 46.6 Å². The van der Waals surface area contributed by atoms with E-state index in [0.717, 1.165) is 18.5 Å². The second kappa shape index (κ2) is 7.72. The van der Waals surface area contributed by atoms with Crippen LogP contribution in [0.15, 0.2) is 0 Å². The van der Waals surface area contributed by atoms with Gasteiger partial charge in [0.15, 0.2) is 0 Å². The first-order chi connectivity index (χ1) is 9.86. The van der Waals surface area contributed by atoms with Crippen LogP contribution in [0.25, 0.3) is 0 Å². The van der Waals surface area contributed by atoms with Crippen LogP contribution in [0, 0.1) is 32.1 Å². The second-order valence-electron chi connectivity index (χ2n) is 5.67. The van der Waals surface area contributed by atoms with E-state index in [9.17, 15) is 4.79 Å². The number of aromatic nitrogens is 2. The quantitative estimate of drug-likeness (QED) is 0.621. The summed E-state index contributed by atoms with van der Waals surface area (Å²) in [5, 5.41) is 10.0. The molecule has 1 atom stereocenters. The van der Waals surface area contributed by atoms with E-state index in [1.165, 1.54) is 11.3 Å². The van der Waals surface area contributed by atoms with Crippen molar-refractivity contribution in [3.63, 3.8) is 0 Å². The van der Waals surface area contributed by atoms with Gasteiger partial charge in [0.25, 0.3) is 0 Å². The number of nitrogens with one attached hydrogen (secondary N) is 2. The van der Waals surface area contributed by atoms with E-state index in [4.69, 9.17) is 6.42 Å². The van der Waals surface area contributed by atoms with Crippen LogP contribution in [-0.2, 0) is 13.5 Å². The summed E-state index contributed by atoms with van der Waals surface area (Å²) in [5.74, 6) is 2.81. The minimum Gasteiger partial charge on any atom is -0.338 e. The molecule has 1 rings (SSSR count). The maximum Gasteiger partial charge on any atom is 0.315 e. The van der Waals surface area contributed by atoms with Gasteiger partial charge in [0.2, 0.25) is 0 Å². The molecule has 0 radical (unpaired) electrons. The van der Waals surface area contributed by atoms with E-state index in [-0.39, 0.29) is 18.0 Å². The van der Waals surface area contributed by atoms with E-state index in [0.29, 0.717) is 6.54 Å². The summed E-state index contributed by atoms with van der Waals surface area (Å²) in [6.45, 7) is 8.67. The first-order valence-electron chi connectivity index (χ1n) is 7.36. The molecule has 0 aliphatic carbocycles. The van der Waals surface area contributed by atoms with Crippen molar-refractivity contribution < 1.29 is 4.79 Å². The lowest BCUT2D eigenvalue weighted by atomic mass is 10.1. The predicted octanol–water partition coefficient (Wildman–Crippen LogP) is 1.93. The number of hydrogen-bond donors (Lipinski definition) is 2. The highest BCUT2D eigenvalue weighted by Crippen LogP contribution is 2.13. The molecule has 0 saturated carbocycles. The van der Waals surface area contributed by atoms with Crippen LogP contribution in [-0.4, -0.2) is 28.4 Å². The topological polar surface area (TPSA) is 59.0 Å². The molecule has 1 aromatic rings. The zero-order valence-electron chi connectivity index (χ0n) is 13.7. The highest BCUT2D eigenvalue weighted by atomic mass is 16.2. The average Bonchev–Trinajstić information content (AvgIpc) is 2.66. The molecular formula is C16H26N4O. The summed E-state index contributed by atoms with van der Waals surface area (Å²) in [6.07, 6.45) is 7.18. The minimum atomic E-state index is -0.229. The van der Waals surface area contributed by atoms with Crippen molar-refractivity contribution in [2.24, 2.45) is 13.0 Å². The van der Waals surface area contributed by atoms with Gasteiger partial charge in [0.05, 0.1) is 11.7 Å². The van der Waals surface area contributed by atoms with Crippen molar-refractivity contribution >= 4 is 6.03 Å². The Hall–Kier alpha value is -1.96. The van der Waals surface area contributed by atoms with Crippen molar-refractivity contribution in [1.29, 1.82) is 0 Å². The molecule has 5 heteroatoms. The third-order valence-corrected chi connectivity index (χ3v) is 3.68. The first kappa shape index (κ1) is 17.1. The molecule has 0 aromatic carbocycles. The minimum absolute atomic E-state index is 0.203. The van der Waals surface area contributed by atoms with Gasteiger partial charge in [-0.25, -0.2) is 4.79 Å². The third-order valence-electron chi connectivity index (χ3n) is 3.68. The standard InChI is InChI=1S/C16H26N4O/c1-7-15(11(2)3)18-16(21)17-10-8-9-14-12(4)19-20(6)13(14)5/h1,11,15H,8-10H2,2-6H3,(H2,17,18,21)/t15-/m1/s1. The van der Waals surface area contributed by atoms with E-state index in [1.807, 2.05) is 32.5 Å². The van der Waals surface area contributed by atoms with Crippen LogP contribution < -0.4 is 10.6 Å². The fourth-order valence-corrected chi connectivity index (χ4v) is 2.24. The van der Waals surface area contributed by atoms with Gasteiger partial charge >= 0.3 is 6.03 Å². The molecule has 1 heterocycles. The highest BCUT2D eigenvalue weighted by Gasteiger charge is 2.13. The first-order valence-corrected chi connectivity index (χ1v) is 7.36. The SMILES string of the molecule is C#C[C@@H](NC(=O)NCCCc1c(C)nn(C)c1C)C(C)C. The average molecular weight is 290 g/mol. The zero-order valence-corrected chi connectivity index (χ0v) is 13.7. The number of urea groups is 1. The number of terminal acetylenes is 1. The third kappa shape index (κ3) is 4.82. The van der Waals surface area contributed by atoms with Gasteiger partial charge in [0, 0.05) is 19.3 Å². The molecule has 0 bridgehead atoms. The number of aryl methyl sites for hydroxylation is 2. The van der Waals surface area contributed by atoms with E-state index in [1.54, 1.807) is 0 Å². The molecule has 0 saturated heterocycles. The number of carbonyl (C=O) groups excluding carboxylic acids is 1. The van der Waals surface area contributed by atoms with E-state index >= 15 is 0 Å². The number of carbonyl (C=O) groups is 1. The van der Waals surface area contributed by atoms with Gasteiger partial charge in [-0.05, 0) is 38.2 Å². The van der Waals surface area contributed by atoms with Gasteiger partial charge in [-0.2, -0.15) is 5.10 Å². The van der Waals surface area contributed by atoms with Gasteiger partial charge in [-0.15, -0.1) is 6.42 Å². The Morgan fingerprint density at radius 3 is 2.57 bits per heavy atom. The Balaban J connectivity index is 2.34. The van der Waals surface area contributed by atoms with Gasteiger partial charge in [-0.3, -0.25) is 4.68 Å². The smallest absolute Gasteiger partial charge is 0.315 e.